The molecule has 0 aromatic carbocycles. The summed E-state index contributed by atoms with van der Waals surface area (Å²) in [7, 11) is 1.49. The number of ether oxygens (including phenoxy) is 1. The van der Waals surface area contributed by atoms with Gasteiger partial charge in [-0.2, -0.15) is 4.98 Å². The molecule has 0 fully saturated rings. The van der Waals surface area contributed by atoms with E-state index < -0.39 is 0 Å². The Morgan fingerprint density at radius 3 is 2.83 bits per heavy atom. The normalized spacial score (nSPS) is 10.7. The van der Waals surface area contributed by atoms with Crippen LogP contribution >= 0.6 is 0 Å². The Morgan fingerprint density at radius 1 is 1.58 bits per heavy atom. The van der Waals surface area contributed by atoms with E-state index in [2.05, 4.69) is 29.3 Å². The first kappa shape index (κ1) is 8.99. The Morgan fingerprint density at radius 2 is 2.33 bits per heavy atom. The van der Waals surface area contributed by atoms with Crippen LogP contribution in [0.3, 0.4) is 0 Å². The van der Waals surface area contributed by atoms with Crippen LogP contribution < -0.4 is 10.1 Å². The van der Waals surface area contributed by atoms with Gasteiger partial charge in [-0.15, -0.1) is 0 Å². The number of hydrogen-bond donors (Lipinski definition) is 1. The molecular formula is C7H13N3O2. The summed E-state index contributed by atoms with van der Waals surface area (Å²) < 4.78 is 9.46. The van der Waals surface area contributed by atoms with Crippen LogP contribution in [0.25, 0.3) is 0 Å². The monoisotopic (exact) mass is 171 g/mol. The van der Waals surface area contributed by atoms with Gasteiger partial charge in [0.05, 0.1) is 13.7 Å². The summed E-state index contributed by atoms with van der Waals surface area (Å²) >= 11 is 0. The van der Waals surface area contributed by atoms with Gasteiger partial charge in [0.2, 0.25) is 0 Å². The minimum Gasteiger partial charge on any atom is -0.452 e. The zero-order chi connectivity index (χ0) is 8.97. The third kappa shape index (κ3) is 2.50. The van der Waals surface area contributed by atoms with E-state index >= 15 is 0 Å². The summed E-state index contributed by atoms with van der Waals surface area (Å²) in [5.41, 5.74) is 0. The Kier molecular flexibility index (Phi) is 3.04. The molecule has 0 saturated heterocycles. The van der Waals surface area contributed by atoms with Gasteiger partial charge >= 0.3 is 6.08 Å². The molecule has 0 aliphatic rings. The van der Waals surface area contributed by atoms with Crippen molar-refractivity contribution < 1.29 is 9.26 Å². The summed E-state index contributed by atoms with van der Waals surface area (Å²) in [4.78, 5) is 3.94. The van der Waals surface area contributed by atoms with Crippen LogP contribution in [0.5, 0.6) is 6.08 Å². The molecule has 5 heteroatoms. The number of nitrogens with zero attached hydrogens (tertiary/aromatic N) is 2. The summed E-state index contributed by atoms with van der Waals surface area (Å²) in [6.45, 7) is 4.71. The summed E-state index contributed by atoms with van der Waals surface area (Å²) in [5.74, 6) is 0.612. The highest BCUT2D eigenvalue weighted by Gasteiger charge is 2.04. The van der Waals surface area contributed by atoms with Crippen LogP contribution in [0.1, 0.15) is 19.7 Å². The van der Waals surface area contributed by atoms with Crippen molar-refractivity contribution in [2.24, 2.45) is 0 Å². The molecule has 0 spiro atoms. The van der Waals surface area contributed by atoms with Gasteiger partial charge in [0.25, 0.3) is 0 Å². The molecule has 1 aromatic heterocycles. The van der Waals surface area contributed by atoms with Gasteiger partial charge in [-0.05, 0) is 0 Å². The Labute approximate surface area is 71.1 Å². The Bertz CT molecular complexity index is 234. The molecule has 0 radical (unpaired) electrons. The first-order valence-electron chi connectivity index (χ1n) is 3.82. The van der Waals surface area contributed by atoms with Gasteiger partial charge in [0.1, 0.15) is 0 Å². The number of nitrogens with one attached hydrogen (secondary N) is 1. The van der Waals surface area contributed by atoms with Crippen molar-refractivity contribution in [3.63, 3.8) is 0 Å². The minimum atomic E-state index is 0.204. The molecule has 12 heavy (non-hydrogen) atoms. The van der Waals surface area contributed by atoms with Crippen LogP contribution in [0.15, 0.2) is 4.52 Å². The van der Waals surface area contributed by atoms with E-state index in [-0.39, 0.29) is 6.08 Å². The van der Waals surface area contributed by atoms with Crippen molar-refractivity contribution in [2.75, 3.05) is 7.11 Å². The Hall–Kier alpha value is -1.10. The van der Waals surface area contributed by atoms with E-state index in [1.54, 1.807) is 0 Å². The number of aromatic nitrogens is 2. The third-order valence-corrected chi connectivity index (χ3v) is 1.29. The molecule has 0 aliphatic heterocycles. The number of hydrogen-bond acceptors (Lipinski definition) is 5. The third-order valence-electron chi connectivity index (χ3n) is 1.29. The molecule has 1 heterocycles. The average molecular weight is 171 g/mol. The van der Waals surface area contributed by atoms with E-state index in [1.165, 1.54) is 7.11 Å². The fourth-order valence-electron chi connectivity index (χ4n) is 0.688. The fraction of sp³-hybridized carbons (Fsp3) is 0.714. The molecule has 0 saturated carbocycles. The van der Waals surface area contributed by atoms with Crippen LogP contribution in [0.2, 0.25) is 0 Å². The van der Waals surface area contributed by atoms with Crippen molar-refractivity contribution in [2.45, 2.75) is 26.4 Å². The molecule has 0 amide bonds. The number of methoxy groups -OCH3 is 1. The van der Waals surface area contributed by atoms with Gasteiger partial charge in [-0.3, -0.25) is 4.52 Å². The zero-order valence-corrected chi connectivity index (χ0v) is 7.50. The lowest BCUT2D eigenvalue weighted by Crippen LogP contribution is -2.22. The predicted octanol–water partition coefficient (Wildman–Crippen LogP) is 0.576. The van der Waals surface area contributed by atoms with Crippen molar-refractivity contribution in [1.29, 1.82) is 0 Å². The van der Waals surface area contributed by atoms with Crippen molar-refractivity contribution in [3.05, 3.63) is 5.82 Å². The van der Waals surface area contributed by atoms with Crippen LogP contribution in [-0.4, -0.2) is 23.3 Å². The average Bonchev–Trinajstić information content (AvgIpc) is 2.48. The van der Waals surface area contributed by atoms with Crippen molar-refractivity contribution in [1.82, 2.24) is 15.5 Å². The quantitative estimate of drug-likeness (QED) is 0.717. The molecule has 1 aromatic rings. The van der Waals surface area contributed by atoms with Gasteiger partial charge in [0.15, 0.2) is 5.82 Å². The largest absolute Gasteiger partial charge is 0.452 e. The summed E-state index contributed by atoms with van der Waals surface area (Å²) in [5, 5.41) is 6.84. The van der Waals surface area contributed by atoms with Gasteiger partial charge in [-0.25, -0.2) is 0 Å². The van der Waals surface area contributed by atoms with E-state index in [4.69, 9.17) is 9.26 Å². The maximum Gasteiger partial charge on any atom is 0.417 e. The highest BCUT2D eigenvalue weighted by atomic mass is 16.6. The second-order valence-corrected chi connectivity index (χ2v) is 2.72. The lowest BCUT2D eigenvalue weighted by molar-refractivity contribution is 0.249. The van der Waals surface area contributed by atoms with Gasteiger partial charge < -0.3 is 10.1 Å². The maximum atomic E-state index is 4.73. The highest BCUT2D eigenvalue weighted by molar-refractivity contribution is 4.89. The topological polar surface area (TPSA) is 60.2 Å². The van der Waals surface area contributed by atoms with E-state index in [0.717, 1.165) is 0 Å². The zero-order valence-electron chi connectivity index (χ0n) is 7.50. The molecule has 0 unspecified atom stereocenters. The summed E-state index contributed by atoms with van der Waals surface area (Å²) in [6.07, 6.45) is 0.204. The molecule has 68 valence electrons. The molecule has 0 bridgehead atoms. The first-order valence-corrected chi connectivity index (χ1v) is 3.82. The molecule has 1 N–H and O–H groups in total. The van der Waals surface area contributed by atoms with E-state index in [9.17, 15) is 0 Å². The number of rotatable bonds is 4. The van der Waals surface area contributed by atoms with Crippen molar-refractivity contribution in [3.8, 4) is 6.08 Å². The second kappa shape index (κ2) is 4.06. The molecular weight excluding hydrogens is 158 g/mol. The fourth-order valence-corrected chi connectivity index (χ4v) is 0.688. The van der Waals surface area contributed by atoms with Crippen LogP contribution in [-0.2, 0) is 6.54 Å². The standard InChI is InChI=1S/C7H13N3O2/c1-5(2)8-4-6-9-7(11-3)12-10-6/h5,8H,4H2,1-3H3. The lowest BCUT2D eigenvalue weighted by Gasteiger charge is -2.02. The highest BCUT2D eigenvalue weighted by Crippen LogP contribution is 2.04. The smallest absolute Gasteiger partial charge is 0.417 e. The molecule has 0 aliphatic carbocycles. The Balaban J connectivity index is 2.41. The molecule has 5 nitrogen and oxygen atoms in total. The SMILES string of the molecule is COc1nc(CNC(C)C)no1. The lowest BCUT2D eigenvalue weighted by atomic mass is 10.4. The van der Waals surface area contributed by atoms with Crippen LogP contribution in [0, 0.1) is 0 Å². The molecule has 0 atom stereocenters. The molecule has 1 rings (SSSR count). The summed E-state index contributed by atoms with van der Waals surface area (Å²) in [6, 6.07) is 0.412. The van der Waals surface area contributed by atoms with Crippen molar-refractivity contribution >= 4 is 0 Å². The van der Waals surface area contributed by atoms with E-state index in [0.29, 0.717) is 18.4 Å². The van der Waals surface area contributed by atoms with Gasteiger partial charge in [0, 0.05) is 6.04 Å². The second-order valence-electron chi connectivity index (χ2n) is 2.72. The van der Waals surface area contributed by atoms with E-state index in [1.807, 2.05) is 0 Å². The van der Waals surface area contributed by atoms with Crippen LogP contribution in [0.4, 0.5) is 0 Å². The maximum absolute atomic E-state index is 4.73. The first-order chi connectivity index (χ1) is 5.72. The predicted molar refractivity (Wildman–Crippen MR) is 42.8 cm³/mol. The minimum absolute atomic E-state index is 0.204. The van der Waals surface area contributed by atoms with Gasteiger partial charge in [-0.1, -0.05) is 19.0 Å².